The molecular weight excluding hydrogens is 568 g/mol. The summed E-state index contributed by atoms with van der Waals surface area (Å²) in [7, 11) is 0. The Morgan fingerprint density at radius 2 is 1.79 bits per heavy atom. The van der Waals surface area contributed by atoms with Crippen LogP contribution in [-0.4, -0.2) is 19.2 Å². The molecule has 38 heavy (non-hydrogen) atoms. The molecule has 2 aromatic heterocycles. The number of anilines is 2. The standard InChI is InChI=1S/C29H24BrF2N5S/c30-19-11-9-18(10-12-19)26-22-8-4-5-15-36-25(17-33-21-6-2-1-3-7-21)35-37(29(22)36)27(26)28(38)34-24-14-13-20(31)16-23(24)32/h1-3,6-7,9-14,16,33H,4-5,8,15,17H2,(H,34,38). The monoisotopic (exact) mass is 591 g/mol. The van der Waals surface area contributed by atoms with Crippen LogP contribution in [0.2, 0.25) is 0 Å². The number of hydrogen-bond acceptors (Lipinski definition) is 3. The molecule has 0 saturated carbocycles. The van der Waals surface area contributed by atoms with Gasteiger partial charge in [-0.25, -0.2) is 13.3 Å². The van der Waals surface area contributed by atoms with E-state index in [9.17, 15) is 8.78 Å². The SMILES string of the molecule is Fc1ccc(NC(=S)c2c(-c3ccc(Br)cc3)c3c4n(c(CNc5ccccc5)nn24)CCCC3)c(F)c1. The highest BCUT2D eigenvalue weighted by Crippen LogP contribution is 2.38. The molecule has 0 radical (unpaired) electrons. The molecule has 0 bridgehead atoms. The van der Waals surface area contributed by atoms with E-state index < -0.39 is 11.6 Å². The highest BCUT2D eigenvalue weighted by molar-refractivity contribution is 9.10. The molecule has 0 amide bonds. The summed E-state index contributed by atoms with van der Waals surface area (Å²) in [5.74, 6) is -0.449. The topological polar surface area (TPSA) is 46.3 Å². The van der Waals surface area contributed by atoms with Gasteiger partial charge in [0.25, 0.3) is 0 Å². The summed E-state index contributed by atoms with van der Waals surface area (Å²) < 4.78 is 33.3. The van der Waals surface area contributed by atoms with Crippen LogP contribution >= 0.6 is 28.1 Å². The van der Waals surface area contributed by atoms with Crippen LogP contribution in [0, 0.1) is 11.6 Å². The molecule has 1 aliphatic heterocycles. The minimum atomic E-state index is -0.704. The first-order valence-corrected chi connectivity index (χ1v) is 13.6. The van der Waals surface area contributed by atoms with Gasteiger partial charge in [0.15, 0.2) is 5.82 Å². The largest absolute Gasteiger partial charge is 0.378 e. The van der Waals surface area contributed by atoms with Gasteiger partial charge in [-0.3, -0.25) is 0 Å². The lowest BCUT2D eigenvalue weighted by Crippen LogP contribution is -2.16. The molecule has 5 aromatic rings. The van der Waals surface area contributed by atoms with Crippen LogP contribution in [0.4, 0.5) is 20.2 Å². The molecule has 0 spiro atoms. The molecule has 3 heterocycles. The molecule has 0 saturated heterocycles. The van der Waals surface area contributed by atoms with Crippen LogP contribution in [-0.2, 0) is 19.5 Å². The molecule has 6 rings (SSSR count). The normalized spacial score (nSPS) is 12.9. The zero-order valence-corrected chi connectivity index (χ0v) is 22.8. The summed E-state index contributed by atoms with van der Waals surface area (Å²) >= 11 is 9.41. The first kappa shape index (κ1) is 24.8. The van der Waals surface area contributed by atoms with Crippen LogP contribution in [0.25, 0.3) is 16.8 Å². The highest BCUT2D eigenvalue weighted by atomic mass is 79.9. The van der Waals surface area contributed by atoms with Gasteiger partial charge >= 0.3 is 0 Å². The number of rotatable bonds is 6. The van der Waals surface area contributed by atoms with Crippen molar-refractivity contribution < 1.29 is 8.78 Å². The van der Waals surface area contributed by atoms with E-state index in [-0.39, 0.29) is 5.69 Å². The molecule has 0 unspecified atom stereocenters. The number of benzene rings is 3. The quantitative estimate of drug-likeness (QED) is 0.200. The molecule has 3 aromatic carbocycles. The second kappa shape index (κ2) is 10.3. The fraction of sp³-hybridized carbons (Fsp3) is 0.172. The zero-order valence-electron chi connectivity index (χ0n) is 20.3. The van der Waals surface area contributed by atoms with Crippen molar-refractivity contribution in [1.29, 1.82) is 0 Å². The van der Waals surface area contributed by atoms with Gasteiger partial charge in [-0.15, -0.1) is 0 Å². The third kappa shape index (κ3) is 4.61. The number of nitrogens with zero attached hydrogens (tertiary/aromatic N) is 3. The van der Waals surface area contributed by atoms with Gasteiger partial charge in [0.1, 0.15) is 28.0 Å². The van der Waals surface area contributed by atoms with Gasteiger partial charge < -0.3 is 15.2 Å². The summed E-state index contributed by atoms with van der Waals surface area (Å²) in [6.07, 6.45) is 2.94. The molecule has 0 fully saturated rings. The van der Waals surface area contributed by atoms with E-state index in [0.29, 0.717) is 17.2 Å². The Morgan fingerprint density at radius 3 is 2.55 bits per heavy atom. The number of thiocarbonyl (C=S) groups is 1. The number of halogens is 3. The minimum Gasteiger partial charge on any atom is -0.378 e. The van der Waals surface area contributed by atoms with E-state index >= 15 is 0 Å². The first-order chi connectivity index (χ1) is 18.5. The molecule has 0 aliphatic carbocycles. The lowest BCUT2D eigenvalue weighted by Gasteiger charge is -2.12. The fourth-order valence-corrected chi connectivity index (χ4v) is 5.64. The number of aryl methyl sites for hydroxylation is 2. The van der Waals surface area contributed by atoms with Crippen LogP contribution in [0.3, 0.4) is 0 Å². The number of hydrogen-bond donors (Lipinski definition) is 2. The summed E-state index contributed by atoms with van der Waals surface area (Å²) in [6.45, 7) is 1.39. The van der Waals surface area contributed by atoms with Crippen LogP contribution in [0.5, 0.6) is 0 Å². The smallest absolute Gasteiger partial charge is 0.150 e. The van der Waals surface area contributed by atoms with Gasteiger partial charge in [-0.05, 0) is 61.2 Å². The third-order valence-electron chi connectivity index (χ3n) is 6.81. The Morgan fingerprint density at radius 1 is 1.00 bits per heavy atom. The maximum absolute atomic E-state index is 14.6. The van der Waals surface area contributed by atoms with Crippen molar-refractivity contribution in [3.05, 3.63) is 106 Å². The van der Waals surface area contributed by atoms with Crippen molar-refractivity contribution in [2.75, 3.05) is 10.6 Å². The lowest BCUT2D eigenvalue weighted by molar-refractivity contribution is 0.586. The third-order valence-corrected chi connectivity index (χ3v) is 7.64. The maximum Gasteiger partial charge on any atom is 0.150 e. The van der Waals surface area contributed by atoms with E-state index in [1.54, 1.807) is 0 Å². The average molecular weight is 593 g/mol. The maximum atomic E-state index is 14.6. The van der Waals surface area contributed by atoms with Crippen molar-refractivity contribution in [2.24, 2.45) is 0 Å². The van der Waals surface area contributed by atoms with Crippen molar-refractivity contribution in [3.63, 3.8) is 0 Å². The zero-order chi connectivity index (χ0) is 26.2. The Balaban J connectivity index is 1.50. The molecule has 9 heteroatoms. The summed E-state index contributed by atoms with van der Waals surface area (Å²) in [5.41, 5.74) is 5.99. The van der Waals surface area contributed by atoms with E-state index in [0.717, 1.165) is 64.6 Å². The number of para-hydroxylation sites is 1. The second-order valence-electron chi connectivity index (χ2n) is 9.27. The molecule has 0 atom stereocenters. The van der Waals surface area contributed by atoms with Crippen LogP contribution in [0.1, 0.15) is 29.9 Å². The van der Waals surface area contributed by atoms with Crippen molar-refractivity contribution >= 4 is 50.2 Å². The molecule has 1 aliphatic rings. The van der Waals surface area contributed by atoms with Crippen LogP contribution < -0.4 is 10.6 Å². The van der Waals surface area contributed by atoms with E-state index in [1.807, 2.05) is 59.1 Å². The van der Waals surface area contributed by atoms with E-state index in [4.69, 9.17) is 17.3 Å². The van der Waals surface area contributed by atoms with E-state index in [1.165, 1.54) is 17.7 Å². The summed E-state index contributed by atoms with van der Waals surface area (Å²) in [5, 5.41) is 11.5. The van der Waals surface area contributed by atoms with Crippen molar-refractivity contribution in [3.8, 4) is 11.1 Å². The van der Waals surface area contributed by atoms with Gasteiger partial charge in [0, 0.05) is 33.9 Å². The molecule has 5 nitrogen and oxygen atoms in total. The molecule has 192 valence electrons. The Labute approximate surface area is 232 Å². The van der Waals surface area contributed by atoms with Gasteiger partial charge in [0.05, 0.1) is 12.2 Å². The van der Waals surface area contributed by atoms with Gasteiger partial charge in [-0.1, -0.05) is 58.5 Å². The number of aromatic nitrogens is 3. The minimum absolute atomic E-state index is 0.118. The Bertz CT molecular complexity index is 1640. The highest BCUT2D eigenvalue weighted by Gasteiger charge is 2.29. The molecular formula is C29H24BrF2N5S. The Kier molecular flexibility index (Phi) is 6.71. The molecule has 2 N–H and O–H groups in total. The lowest BCUT2D eigenvalue weighted by atomic mass is 9.98. The predicted molar refractivity (Wildman–Crippen MR) is 155 cm³/mol. The summed E-state index contributed by atoms with van der Waals surface area (Å²) in [4.78, 5) is 0.322. The average Bonchev–Trinajstić information content (AvgIpc) is 3.32. The van der Waals surface area contributed by atoms with Gasteiger partial charge in [-0.2, -0.15) is 5.10 Å². The predicted octanol–water partition coefficient (Wildman–Crippen LogP) is 7.58. The van der Waals surface area contributed by atoms with Gasteiger partial charge in [0.2, 0.25) is 0 Å². The van der Waals surface area contributed by atoms with Crippen molar-refractivity contribution in [1.82, 2.24) is 14.2 Å². The second-order valence-corrected chi connectivity index (χ2v) is 10.6. The first-order valence-electron chi connectivity index (χ1n) is 12.4. The summed E-state index contributed by atoms with van der Waals surface area (Å²) in [6, 6.07) is 21.5. The Hall–Kier alpha value is -3.56. The fourth-order valence-electron chi connectivity index (χ4n) is 5.08. The van der Waals surface area contributed by atoms with E-state index in [2.05, 4.69) is 31.1 Å². The number of nitrogens with one attached hydrogen (secondary N) is 2. The van der Waals surface area contributed by atoms with Crippen molar-refractivity contribution in [2.45, 2.75) is 32.4 Å². The van der Waals surface area contributed by atoms with Crippen LogP contribution in [0.15, 0.2) is 77.3 Å².